The number of nitrogens with one attached hydrogen (secondary N) is 1. The number of hydrogen-bond acceptors (Lipinski definition) is 3. The van der Waals surface area contributed by atoms with E-state index in [1.54, 1.807) is 23.1 Å². The molecule has 2 N–H and O–H groups in total. The van der Waals surface area contributed by atoms with Crippen LogP contribution in [-0.2, 0) is 24.5 Å². The quantitative estimate of drug-likeness (QED) is 0.814. The predicted octanol–water partition coefficient (Wildman–Crippen LogP) is 0.692. The maximum Gasteiger partial charge on any atom is 0.241 e. The number of amides is 1. The number of hydrogen-bond donors (Lipinski definition) is 2. The summed E-state index contributed by atoms with van der Waals surface area (Å²) < 4.78 is 1.57. The summed E-state index contributed by atoms with van der Waals surface area (Å²) in [6, 6.07) is 9.26. The van der Waals surface area contributed by atoms with Crippen molar-refractivity contribution in [2.24, 2.45) is 0 Å². The monoisotopic (exact) mass is 245 g/mol. The Hall–Kier alpha value is -2.14. The largest absolute Gasteiger partial charge is 0.392 e. The van der Waals surface area contributed by atoms with E-state index >= 15 is 0 Å². The molecule has 0 unspecified atom stereocenters. The Morgan fingerprint density at radius 1 is 1.33 bits per heavy atom. The molecule has 0 aliphatic heterocycles. The Labute approximate surface area is 105 Å². The fraction of sp³-hybridized carbons (Fsp3) is 0.231. The van der Waals surface area contributed by atoms with Crippen molar-refractivity contribution in [3.8, 4) is 0 Å². The molecule has 0 aliphatic carbocycles. The zero-order valence-electron chi connectivity index (χ0n) is 9.91. The Balaban J connectivity index is 1.85. The first-order chi connectivity index (χ1) is 8.78. The molecule has 94 valence electrons. The average molecular weight is 245 g/mol. The van der Waals surface area contributed by atoms with Crippen molar-refractivity contribution < 1.29 is 9.90 Å². The molecule has 0 radical (unpaired) electrons. The number of nitrogens with zero attached hydrogens (tertiary/aromatic N) is 2. The maximum atomic E-state index is 11.6. The number of carbonyl (C=O) groups is 1. The lowest BCUT2D eigenvalue weighted by Crippen LogP contribution is -2.27. The van der Waals surface area contributed by atoms with Crippen LogP contribution in [0.1, 0.15) is 11.1 Å². The van der Waals surface area contributed by atoms with E-state index in [9.17, 15) is 4.79 Å². The first-order valence-corrected chi connectivity index (χ1v) is 5.71. The van der Waals surface area contributed by atoms with E-state index in [0.29, 0.717) is 6.54 Å². The number of aliphatic hydroxyl groups excluding tert-OH is 1. The van der Waals surface area contributed by atoms with Crippen LogP contribution in [0.5, 0.6) is 0 Å². The second kappa shape index (κ2) is 5.97. The molecule has 5 heteroatoms. The van der Waals surface area contributed by atoms with Gasteiger partial charge in [0.25, 0.3) is 0 Å². The molecule has 5 nitrogen and oxygen atoms in total. The molecule has 1 heterocycles. The van der Waals surface area contributed by atoms with Crippen LogP contribution in [0.2, 0.25) is 0 Å². The zero-order valence-corrected chi connectivity index (χ0v) is 9.91. The van der Waals surface area contributed by atoms with E-state index in [-0.39, 0.29) is 19.1 Å². The molecule has 18 heavy (non-hydrogen) atoms. The fourth-order valence-corrected chi connectivity index (χ4v) is 1.64. The third-order valence-electron chi connectivity index (χ3n) is 2.53. The highest BCUT2D eigenvalue weighted by Gasteiger charge is 2.02. The van der Waals surface area contributed by atoms with Gasteiger partial charge in [-0.15, -0.1) is 0 Å². The van der Waals surface area contributed by atoms with Gasteiger partial charge in [-0.2, -0.15) is 5.10 Å². The average Bonchev–Trinajstić information content (AvgIpc) is 2.89. The maximum absolute atomic E-state index is 11.6. The third-order valence-corrected chi connectivity index (χ3v) is 2.53. The minimum atomic E-state index is -0.0897. The van der Waals surface area contributed by atoms with Crippen molar-refractivity contribution in [3.05, 3.63) is 53.9 Å². The van der Waals surface area contributed by atoms with Crippen LogP contribution < -0.4 is 5.32 Å². The summed E-state index contributed by atoms with van der Waals surface area (Å²) in [5.41, 5.74) is 1.81. The molecule has 1 aromatic heterocycles. The summed E-state index contributed by atoms with van der Waals surface area (Å²) in [4.78, 5) is 11.6. The van der Waals surface area contributed by atoms with Crippen molar-refractivity contribution in [2.75, 3.05) is 0 Å². The Bertz CT molecular complexity index is 509. The molecule has 2 aromatic rings. The van der Waals surface area contributed by atoms with Crippen molar-refractivity contribution in [3.63, 3.8) is 0 Å². The second-order valence-electron chi connectivity index (χ2n) is 3.96. The van der Waals surface area contributed by atoms with Crippen LogP contribution in [0, 0.1) is 0 Å². The topological polar surface area (TPSA) is 67.2 Å². The molecule has 0 bridgehead atoms. The summed E-state index contributed by atoms with van der Waals surface area (Å²) in [6.07, 6.45) is 3.38. The highest BCUT2D eigenvalue weighted by atomic mass is 16.3. The smallest absolute Gasteiger partial charge is 0.241 e. The van der Waals surface area contributed by atoms with E-state index in [1.165, 1.54) is 0 Å². The van der Waals surface area contributed by atoms with E-state index in [4.69, 9.17) is 5.11 Å². The van der Waals surface area contributed by atoms with Crippen molar-refractivity contribution in [1.29, 1.82) is 0 Å². The highest BCUT2D eigenvalue weighted by Crippen LogP contribution is 2.04. The van der Waals surface area contributed by atoms with Crippen LogP contribution >= 0.6 is 0 Å². The summed E-state index contributed by atoms with van der Waals surface area (Å²) in [5, 5.41) is 15.8. The molecular formula is C13H15N3O2. The summed E-state index contributed by atoms with van der Waals surface area (Å²) >= 11 is 0. The van der Waals surface area contributed by atoms with Gasteiger partial charge in [0.15, 0.2) is 0 Å². The van der Waals surface area contributed by atoms with Gasteiger partial charge < -0.3 is 10.4 Å². The molecule has 0 aliphatic rings. The van der Waals surface area contributed by atoms with E-state index in [1.807, 2.05) is 24.3 Å². The Kier molecular flexibility index (Phi) is 4.09. The molecule has 0 spiro atoms. The van der Waals surface area contributed by atoms with Gasteiger partial charge in [-0.05, 0) is 17.2 Å². The normalized spacial score (nSPS) is 10.3. The first-order valence-electron chi connectivity index (χ1n) is 5.71. The lowest BCUT2D eigenvalue weighted by atomic mass is 10.1. The lowest BCUT2D eigenvalue weighted by molar-refractivity contribution is -0.122. The van der Waals surface area contributed by atoms with Gasteiger partial charge >= 0.3 is 0 Å². The van der Waals surface area contributed by atoms with E-state index in [0.717, 1.165) is 11.1 Å². The van der Waals surface area contributed by atoms with Gasteiger partial charge in [0, 0.05) is 18.9 Å². The predicted molar refractivity (Wildman–Crippen MR) is 66.4 cm³/mol. The van der Waals surface area contributed by atoms with E-state index < -0.39 is 0 Å². The fourth-order valence-electron chi connectivity index (χ4n) is 1.64. The number of benzene rings is 1. The third kappa shape index (κ3) is 3.43. The Morgan fingerprint density at radius 2 is 2.17 bits per heavy atom. The SMILES string of the molecule is O=C(Cn1cccn1)NCc1cccc(CO)c1. The molecule has 1 amide bonds. The van der Waals surface area contributed by atoms with Crippen molar-refractivity contribution in [2.45, 2.75) is 19.7 Å². The van der Waals surface area contributed by atoms with Crippen LogP contribution in [-0.4, -0.2) is 20.8 Å². The standard InChI is InChI=1S/C13H15N3O2/c17-10-12-4-1-3-11(7-12)8-14-13(18)9-16-6-2-5-15-16/h1-7,17H,8-10H2,(H,14,18). The van der Waals surface area contributed by atoms with Crippen LogP contribution in [0.15, 0.2) is 42.7 Å². The lowest BCUT2D eigenvalue weighted by Gasteiger charge is -2.06. The van der Waals surface area contributed by atoms with Gasteiger partial charge in [-0.25, -0.2) is 0 Å². The molecule has 0 atom stereocenters. The molecule has 1 aromatic carbocycles. The minimum absolute atomic E-state index is 0.00900. The Morgan fingerprint density at radius 3 is 2.89 bits per heavy atom. The molecule has 0 saturated carbocycles. The van der Waals surface area contributed by atoms with Crippen LogP contribution in [0.25, 0.3) is 0 Å². The summed E-state index contributed by atoms with van der Waals surface area (Å²) in [7, 11) is 0. The van der Waals surface area contributed by atoms with Gasteiger partial charge in [0.2, 0.25) is 5.91 Å². The van der Waals surface area contributed by atoms with Crippen molar-refractivity contribution in [1.82, 2.24) is 15.1 Å². The molecule has 0 fully saturated rings. The zero-order chi connectivity index (χ0) is 12.8. The van der Waals surface area contributed by atoms with Gasteiger partial charge in [0.1, 0.15) is 6.54 Å². The summed E-state index contributed by atoms with van der Waals surface area (Å²) in [5.74, 6) is -0.0897. The number of aromatic nitrogens is 2. The van der Waals surface area contributed by atoms with Crippen LogP contribution in [0.3, 0.4) is 0 Å². The molecular weight excluding hydrogens is 230 g/mol. The van der Waals surface area contributed by atoms with Crippen LogP contribution in [0.4, 0.5) is 0 Å². The highest BCUT2D eigenvalue weighted by molar-refractivity contribution is 5.75. The van der Waals surface area contributed by atoms with Gasteiger partial charge in [-0.3, -0.25) is 9.48 Å². The number of rotatable bonds is 5. The summed E-state index contributed by atoms with van der Waals surface area (Å²) in [6.45, 7) is 0.676. The number of carbonyl (C=O) groups excluding carboxylic acids is 1. The number of aliphatic hydroxyl groups is 1. The van der Waals surface area contributed by atoms with Gasteiger partial charge in [-0.1, -0.05) is 24.3 Å². The van der Waals surface area contributed by atoms with Gasteiger partial charge in [0.05, 0.1) is 6.61 Å². The molecule has 2 rings (SSSR count). The molecule has 0 saturated heterocycles. The second-order valence-corrected chi connectivity index (χ2v) is 3.96. The van der Waals surface area contributed by atoms with Crippen molar-refractivity contribution >= 4 is 5.91 Å². The first kappa shape index (κ1) is 12.3. The minimum Gasteiger partial charge on any atom is -0.392 e. The van der Waals surface area contributed by atoms with E-state index in [2.05, 4.69) is 10.4 Å².